The first-order valence-electron chi connectivity index (χ1n) is 7.82. The minimum Gasteiger partial charge on any atom is -0.465 e. The van der Waals surface area contributed by atoms with E-state index >= 15 is 0 Å². The fourth-order valence-corrected chi connectivity index (χ4v) is 3.19. The molecule has 2 aromatic rings. The van der Waals surface area contributed by atoms with Crippen molar-refractivity contribution in [3.8, 4) is 0 Å². The number of carbonyl (C=O) groups excluding carboxylic acids is 2. The summed E-state index contributed by atoms with van der Waals surface area (Å²) >= 11 is 6.11. The van der Waals surface area contributed by atoms with E-state index in [1.54, 1.807) is 30.3 Å². The monoisotopic (exact) mass is 410 g/mol. The molecule has 0 saturated heterocycles. The number of benzene rings is 2. The Balaban J connectivity index is 2.41. The molecule has 0 aliphatic carbocycles. The average molecular weight is 411 g/mol. The molecule has 27 heavy (non-hydrogen) atoms. The van der Waals surface area contributed by atoms with Crippen molar-refractivity contribution in [3.05, 3.63) is 64.7 Å². The molecule has 0 aliphatic heterocycles. The van der Waals surface area contributed by atoms with Crippen LogP contribution in [-0.4, -0.2) is 45.0 Å². The lowest BCUT2D eigenvalue weighted by Gasteiger charge is -2.26. The Labute approximate surface area is 162 Å². The molecule has 0 heterocycles. The highest BCUT2D eigenvalue weighted by Gasteiger charge is 2.31. The van der Waals surface area contributed by atoms with Gasteiger partial charge in [-0.2, -0.15) is 4.31 Å². The smallest absolute Gasteiger partial charge is 0.337 e. The van der Waals surface area contributed by atoms with E-state index in [9.17, 15) is 18.0 Å². The lowest BCUT2D eigenvalue weighted by molar-refractivity contribution is -0.119. The molecule has 0 spiro atoms. The van der Waals surface area contributed by atoms with E-state index in [1.807, 2.05) is 0 Å². The molecule has 9 heteroatoms. The fourth-order valence-electron chi connectivity index (χ4n) is 2.42. The van der Waals surface area contributed by atoms with Gasteiger partial charge < -0.3 is 10.1 Å². The van der Waals surface area contributed by atoms with Crippen molar-refractivity contribution in [2.75, 3.05) is 25.7 Å². The Bertz CT molecular complexity index is 947. The quantitative estimate of drug-likeness (QED) is 0.739. The number of hydrogen-bond acceptors (Lipinski definition) is 5. The number of sulfonamides is 1. The van der Waals surface area contributed by atoms with Crippen molar-refractivity contribution in [2.45, 2.75) is 6.04 Å². The third kappa shape index (κ3) is 5.06. The number of hydrogen-bond donors (Lipinski definition) is 1. The first-order chi connectivity index (χ1) is 12.6. The van der Waals surface area contributed by atoms with E-state index in [1.165, 1.54) is 32.4 Å². The van der Waals surface area contributed by atoms with Crippen LogP contribution in [0.15, 0.2) is 48.5 Å². The SMILES string of the molecule is COC(=O)c1ccc(Cl)c(NC(=O)[C@H](c2ccccc2)N(C)S(C)(=O)=O)c1. The Kier molecular flexibility index (Phi) is 6.59. The van der Waals surface area contributed by atoms with Gasteiger partial charge in [0.05, 0.1) is 29.6 Å². The van der Waals surface area contributed by atoms with Crippen molar-refractivity contribution in [1.29, 1.82) is 0 Å². The van der Waals surface area contributed by atoms with Gasteiger partial charge in [0.2, 0.25) is 15.9 Å². The average Bonchev–Trinajstić information content (AvgIpc) is 2.63. The lowest BCUT2D eigenvalue weighted by Crippen LogP contribution is -2.38. The summed E-state index contributed by atoms with van der Waals surface area (Å²) in [5, 5.41) is 2.80. The molecule has 0 radical (unpaired) electrons. The van der Waals surface area contributed by atoms with E-state index < -0.39 is 27.9 Å². The number of methoxy groups -OCH3 is 1. The summed E-state index contributed by atoms with van der Waals surface area (Å²) in [4.78, 5) is 24.6. The third-order valence-electron chi connectivity index (χ3n) is 3.90. The van der Waals surface area contributed by atoms with Crippen molar-refractivity contribution in [2.24, 2.45) is 0 Å². The summed E-state index contributed by atoms with van der Waals surface area (Å²) in [6.07, 6.45) is 1.01. The van der Waals surface area contributed by atoms with Gasteiger partial charge in [-0.15, -0.1) is 0 Å². The van der Waals surface area contributed by atoms with Crippen molar-refractivity contribution in [1.82, 2.24) is 4.31 Å². The van der Waals surface area contributed by atoms with E-state index in [4.69, 9.17) is 11.6 Å². The van der Waals surface area contributed by atoms with Crippen LogP contribution in [0.25, 0.3) is 0 Å². The van der Waals surface area contributed by atoms with Crippen LogP contribution in [0.2, 0.25) is 5.02 Å². The highest BCUT2D eigenvalue weighted by atomic mass is 35.5. The summed E-state index contributed by atoms with van der Waals surface area (Å²) in [6, 6.07) is 11.6. The number of carbonyl (C=O) groups is 2. The predicted molar refractivity (Wildman–Crippen MR) is 103 cm³/mol. The highest BCUT2D eigenvalue weighted by molar-refractivity contribution is 7.88. The summed E-state index contributed by atoms with van der Waals surface area (Å²) in [5.74, 6) is -1.20. The maximum atomic E-state index is 12.9. The normalized spacial score (nSPS) is 12.5. The molecule has 7 nitrogen and oxygen atoms in total. The third-order valence-corrected chi connectivity index (χ3v) is 5.48. The fraction of sp³-hybridized carbons (Fsp3) is 0.222. The Morgan fingerprint density at radius 1 is 1.15 bits per heavy atom. The van der Waals surface area contributed by atoms with Crippen molar-refractivity contribution in [3.63, 3.8) is 0 Å². The molecule has 1 amide bonds. The second-order valence-corrected chi connectivity index (χ2v) is 8.22. The lowest BCUT2D eigenvalue weighted by atomic mass is 10.1. The first-order valence-corrected chi connectivity index (χ1v) is 10.0. The van der Waals surface area contributed by atoms with Gasteiger partial charge >= 0.3 is 5.97 Å². The summed E-state index contributed by atoms with van der Waals surface area (Å²) in [6.45, 7) is 0. The topological polar surface area (TPSA) is 92.8 Å². The second-order valence-electron chi connectivity index (χ2n) is 5.77. The largest absolute Gasteiger partial charge is 0.465 e. The number of anilines is 1. The van der Waals surface area contributed by atoms with Crippen LogP contribution >= 0.6 is 11.6 Å². The van der Waals surface area contributed by atoms with E-state index in [2.05, 4.69) is 10.1 Å². The van der Waals surface area contributed by atoms with Gasteiger partial charge in [-0.05, 0) is 23.8 Å². The minimum absolute atomic E-state index is 0.174. The number of rotatable bonds is 6. The number of likely N-dealkylation sites (N-methyl/N-ethyl adjacent to an activating group) is 1. The minimum atomic E-state index is -3.66. The molecule has 1 N–H and O–H groups in total. The molecule has 0 fully saturated rings. The zero-order valence-corrected chi connectivity index (χ0v) is 16.5. The van der Waals surface area contributed by atoms with Crippen LogP contribution in [0.5, 0.6) is 0 Å². The van der Waals surface area contributed by atoms with Crippen molar-refractivity contribution < 1.29 is 22.7 Å². The molecule has 2 aromatic carbocycles. The van der Waals surface area contributed by atoms with Crippen LogP contribution in [0, 0.1) is 0 Å². The van der Waals surface area contributed by atoms with Crippen LogP contribution in [0.4, 0.5) is 5.69 Å². The van der Waals surface area contributed by atoms with Gasteiger partial charge in [-0.3, -0.25) is 4.79 Å². The molecule has 0 aliphatic rings. The molecule has 144 valence electrons. The van der Waals surface area contributed by atoms with Gasteiger partial charge in [0.25, 0.3) is 0 Å². The Morgan fingerprint density at radius 3 is 2.33 bits per heavy atom. The summed E-state index contributed by atoms with van der Waals surface area (Å²) < 4.78 is 29.6. The number of halogens is 1. The number of amides is 1. The maximum Gasteiger partial charge on any atom is 0.337 e. The number of ether oxygens (including phenoxy) is 1. The van der Waals surface area contributed by atoms with Crippen LogP contribution in [0.3, 0.4) is 0 Å². The highest BCUT2D eigenvalue weighted by Crippen LogP contribution is 2.27. The predicted octanol–water partition coefficient (Wildman–Crippen LogP) is 2.70. The van der Waals surface area contributed by atoms with Gasteiger partial charge in [0.1, 0.15) is 6.04 Å². The Morgan fingerprint density at radius 2 is 1.78 bits per heavy atom. The van der Waals surface area contributed by atoms with E-state index in [0.717, 1.165) is 10.6 Å². The molecule has 1 atom stereocenters. The zero-order valence-electron chi connectivity index (χ0n) is 15.0. The van der Waals surface area contributed by atoms with E-state index in [0.29, 0.717) is 5.56 Å². The van der Waals surface area contributed by atoms with Gasteiger partial charge in [-0.25, -0.2) is 13.2 Å². The van der Waals surface area contributed by atoms with Crippen molar-refractivity contribution >= 4 is 39.2 Å². The number of esters is 1. The number of nitrogens with one attached hydrogen (secondary N) is 1. The standard InChI is InChI=1S/C18H19ClN2O5S/c1-21(27(3,24)25)16(12-7-5-4-6-8-12)17(22)20-15-11-13(18(23)26-2)9-10-14(15)19/h4-11,16H,1-3H3,(H,20,22)/t16-/m0/s1. The summed E-state index contributed by atoms with van der Waals surface area (Å²) in [7, 11) is -1.10. The molecule has 2 rings (SSSR count). The first kappa shape index (κ1) is 20.9. The molecular weight excluding hydrogens is 392 g/mol. The zero-order chi connectivity index (χ0) is 20.2. The van der Waals surface area contributed by atoms with E-state index in [-0.39, 0.29) is 16.3 Å². The molecule has 0 unspecified atom stereocenters. The van der Waals surface area contributed by atoms with Gasteiger partial charge in [-0.1, -0.05) is 41.9 Å². The molecule has 0 aromatic heterocycles. The maximum absolute atomic E-state index is 12.9. The van der Waals surface area contributed by atoms with Crippen LogP contribution < -0.4 is 5.32 Å². The van der Waals surface area contributed by atoms with Crippen LogP contribution in [0.1, 0.15) is 22.0 Å². The Hall–Kier alpha value is -2.42. The van der Waals surface area contributed by atoms with Crippen LogP contribution in [-0.2, 0) is 19.6 Å². The molecule has 0 saturated carbocycles. The molecule has 0 bridgehead atoms. The van der Waals surface area contributed by atoms with Gasteiger partial charge in [0, 0.05) is 7.05 Å². The summed E-state index contributed by atoms with van der Waals surface area (Å²) in [5.41, 5.74) is 0.862. The van der Waals surface area contributed by atoms with Gasteiger partial charge in [0.15, 0.2) is 0 Å². The number of nitrogens with zero attached hydrogens (tertiary/aromatic N) is 1. The molecular formula is C18H19ClN2O5S. The second kappa shape index (κ2) is 8.51.